The molecule has 0 spiro atoms. The molecular formula is C33H46Br2N8O2. The third-order valence-electron chi connectivity index (χ3n) is 7.30. The van der Waals surface area contributed by atoms with Crippen molar-refractivity contribution in [1.29, 1.82) is 0 Å². The van der Waals surface area contributed by atoms with Crippen LogP contribution in [-0.2, 0) is 38.8 Å². The van der Waals surface area contributed by atoms with Crippen LogP contribution in [0.5, 0.6) is 11.5 Å². The summed E-state index contributed by atoms with van der Waals surface area (Å²) in [6.45, 7) is 5.00. The quantitative estimate of drug-likeness (QED) is 0.106. The largest absolute Gasteiger partial charge is 0.492 e. The lowest BCUT2D eigenvalue weighted by Crippen LogP contribution is -2.15. The Morgan fingerprint density at radius 3 is 1.47 bits per heavy atom. The first-order valence-corrected chi connectivity index (χ1v) is 17.2. The molecule has 0 unspecified atom stereocenters. The van der Waals surface area contributed by atoms with E-state index in [-0.39, 0.29) is 0 Å². The van der Waals surface area contributed by atoms with Crippen LogP contribution in [0, 0.1) is 0 Å². The van der Waals surface area contributed by atoms with Crippen LogP contribution in [0.4, 0.5) is 0 Å². The third-order valence-corrected chi connectivity index (χ3v) is 8.54. The number of halogens is 2. The van der Waals surface area contributed by atoms with Gasteiger partial charge in [0.15, 0.2) is 0 Å². The molecule has 0 saturated carbocycles. The van der Waals surface area contributed by atoms with Gasteiger partial charge >= 0.3 is 0 Å². The Bertz CT molecular complexity index is 1350. The minimum absolute atomic E-state index is 0.706. The van der Waals surface area contributed by atoms with Crippen LogP contribution >= 0.6 is 31.9 Å². The zero-order valence-electron chi connectivity index (χ0n) is 27.0. The van der Waals surface area contributed by atoms with Crippen LogP contribution < -0.4 is 9.47 Å². The summed E-state index contributed by atoms with van der Waals surface area (Å²) in [4.78, 5) is 4.33. The Kier molecular flexibility index (Phi) is 14.3. The monoisotopic (exact) mass is 744 g/mol. The first kappa shape index (κ1) is 35.1. The third kappa shape index (κ3) is 12.5. The van der Waals surface area contributed by atoms with Crippen LogP contribution in [0.1, 0.15) is 41.8 Å². The molecule has 10 nitrogen and oxygen atoms in total. The van der Waals surface area contributed by atoms with Crippen molar-refractivity contribution < 1.29 is 9.47 Å². The van der Waals surface area contributed by atoms with Gasteiger partial charge in [-0.05, 0) is 140 Å². The number of nitrogens with zero attached hydrogens (tertiary/aromatic N) is 8. The smallest absolute Gasteiger partial charge is 0.133 e. The predicted octanol–water partition coefficient (Wildman–Crippen LogP) is 5.72. The molecule has 0 N–H and O–H groups in total. The van der Waals surface area contributed by atoms with Crippen molar-refractivity contribution in [3.63, 3.8) is 0 Å². The molecule has 0 atom stereocenters. The van der Waals surface area contributed by atoms with E-state index < -0.39 is 0 Å². The van der Waals surface area contributed by atoms with Gasteiger partial charge in [0.2, 0.25) is 0 Å². The highest BCUT2D eigenvalue weighted by molar-refractivity contribution is 9.10. The van der Waals surface area contributed by atoms with E-state index >= 15 is 0 Å². The second-order valence-electron chi connectivity index (χ2n) is 11.8. The number of aryl methyl sites for hydroxylation is 6. The van der Waals surface area contributed by atoms with Gasteiger partial charge in [-0.2, -0.15) is 0 Å². The lowest BCUT2D eigenvalue weighted by Gasteiger charge is -2.12. The molecule has 0 aliphatic rings. The Morgan fingerprint density at radius 2 is 1.07 bits per heavy atom. The molecule has 2 aromatic carbocycles. The average molecular weight is 747 g/mol. The predicted molar refractivity (Wildman–Crippen MR) is 185 cm³/mol. The minimum atomic E-state index is 0.706. The number of rotatable bonds is 20. The fraction of sp³-hybridized carbons (Fsp3) is 0.515. The standard InChI is InChI=1S/C33H46Br2N8O2/c1-40(2)16-6-20-44-32-12-10-26(22-30(32)34)14-18-42-24-28(36-38-42)8-5-9-29-25-43(39-37-29)19-15-27-11-13-33(31(35)23-27)45-21-7-17-41(3)4/h10-13,22-25H,5-9,14-21H2,1-4H3. The molecule has 2 aromatic heterocycles. The van der Waals surface area contributed by atoms with Crippen molar-refractivity contribution in [3.8, 4) is 11.5 Å². The van der Waals surface area contributed by atoms with Gasteiger partial charge in [-0.3, -0.25) is 9.36 Å². The van der Waals surface area contributed by atoms with E-state index in [0.717, 1.165) is 103 Å². The molecule has 0 fully saturated rings. The van der Waals surface area contributed by atoms with E-state index in [1.165, 1.54) is 11.1 Å². The second kappa shape index (κ2) is 18.4. The number of hydrogen-bond acceptors (Lipinski definition) is 8. The maximum atomic E-state index is 5.92. The van der Waals surface area contributed by atoms with Crippen molar-refractivity contribution in [1.82, 2.24) is 39.8 Å². The van der Waals surface area contributed by atoms with Crippen molar-refractivity contribution >= 4 is 31.9 Å². The Hall–Kier alpha value is -2.80. The van der Waals surface area contributed by atoms with E-state index in [0.29, 0.717) is 13.2 Å². The van der Waals surface area contributed by atoms with Crippen LogP contribution in [0.3, 0.4) is 0 Å². The van der Waals surface area contributed by atoms with E-state index in [9.17, 15) is 0 Å². The van der Waals surface area contributed by atoms with Crippen LogP contribution in [0.15, 0.2) is 57.7 Å². The minimum Gasteiger partial charge on any atom is -0.492 e. The first-order chi connectivity index (χ1) is 21.7. The Balaban J connectivity index is 1.13. The van der Waals surface area contributed by atoms with Gasteiger partial charge in [0.1, 0.15) is 11.5 Å². The summed E-state index contributed by atoms with van der Waals surface area (Å²) >= 11 is 7.31. The van der Waals surface area contributed by atoms with Crippen molar-refractivity contribution in [2.45, 2.75) is 58.0 Å². The molecule has 4 aromatic rings. The molecule has 0 aliphatic carbocycles. The number of hydrogen-bond donors (Lipinski definition) is 0. The maximum Gasteiger partial charge on any atom is 0.133 e. The molecule has 4 rings (SSSR count). The molecule has 0 bridgehead atoms. The van der Waals surface area contributed by atoms with Gasteiger partial charge in [-0.25, -0.2) is 0 Å². The lowest BCUT2D eigenvalue weighted by atomic mass is 10.1. The first-order valence-electron chi connectivity index (χ1n) is 15.6. The molecule has 0 radical (unpaired) electrons. The van der Waals surface area contributed by atoms with Crippen molar-refractivity contribution in [2.75, 3.05) is 54.5 Å². The van der Waals surface area contributed by atoms with E-state index in [1.54, 1.807) is 0 Å². The van der Waals surface area contributed by atoms with Gasteiger partial charge in [-0.15, -0.1) is 10.2 Å². The van der Waals surface area contributed by atoms with E-state index in [2.05, 4.69) is 115 Å². The Morgan fingerprint density at radius 1 is 0.622 bits per heavy atom. The average Bonchev–Trinajstić information content (AvgIpc) is 3.66. The van der Waals surface area contributed by atoms with Crippen LogP contribution in [0.25, 0.3) is 0 Å². The molecule has 45 heavy (non-hydrogen) atoms. The fourth-order valence-electron chi connectivity index (χ4n) is 4.82. The second-order valence-corrected chi connectivity index (χ2v) is 13.5. The van der Waals surface area contributed by atoms with Crippen molar-refractivity contribution in [3.05, 3.63) is 80.3 Å². The molecule has 0 aliphatic heterocycles. The lowest BCUT2D eigenvalue weighted by molar-refractivity contribution is 0.280. The topological polar surface area (TPSA) is 86.4 Å². The number of aromatic nitrogens is 6. The van der Waals surface area contributed by atoms with E-state index in [4.69, 9.17) is 9.47 Å². The van der Waals surface area contributed by atoms with Crippen molar-refractivity contribution in [2.24, 2.45) is 0 Å². The normalized spacial score (nSPS) is 11.6. The van der Waals surface area contributed by atoms with Gasteiger partial charge in [0.25, 0.3) is 0 Å². The molecule has 2 heterocycles. The summed E-state index contributed by atoms with van der Waals surface area (Å²) in [5.41, 5.74) is 4.46. The maximum absolute atomic E-state index is 5.92. The SMILES string of the molecule is CN(C)CCCOc1ccc(CCn2cc(CCCc3cn(CCc4ccc(OCCCN(C)C)c(Br)c4)nn3)nn2)cc1Br. The zero-order valence-corrected chi connectivity index (χ0v) is 30.1. The molecule has 244 valence electrons. The summed E-state index contributed by atoms with van der Waals surface area (Å²) in [5.74, 6) is 1.77. The highest BCUT2D eigenvalue weighted by atomic mass is 79.9. The van der Waals surface area contributed by atoms with Crippen LogP contribution in [0.2, 0.25) is 0 Å². The highest BCUT2D eigenvalue weighted by Gasteiger charge is 2.08. The molecular weight excluding hydrogens is 700 g/mol. The zero-order chi connectivity index (χ0) is 32.0. The summed E-state index contributed by atoms with van der Waals surface area (Å²) in [5, 5.41) is 17.4. The number of benzene rings is 2. The van der Waals surface area contributed by atoms with Gasteiger partial charge in [0, 0.05) is 38.6 Å². The van der Waals surface area contributed by atoms with Gasteiger partial charge in [0.05, 0.1) is 33.5 Å². The summed E-state index contributed by atoms with van der Waals surface area (Å²) < 4.78 is 17.7. The summed E-state index contributed by atoms with van der Waals surface area (Å²) in [6, 6.07) is 12.6. The number of ether oxygens (including phenoxy) is 2. The highest BCUT2D eigenvalue weighted by Crippen LogP contribution is 2.27. The summed E-state index contributed by atoms with van der Waals surface area (Å²) in [6.07, 6.45) is 10.5. The van der Waals surface area contributed by atoms with Gasteiger partial charge < -0.3 is 19.3 Å². The molecule has 12 heteroatoms. The Labute approximate surface area is 284 Å². The van der Waals surface area contributed by atoms with Crippen LogP contribution in [-0.4, -0.2) is 94.3 Å². The van der Waals surface area contributed by atoms with E-state index in [1.807, 2.05) is 33.9 Å². The van der Waals surface area contributed by atoms with Gasteiger partial charge in [-0.1, -0.05) is 22.6 Å². The summed E-state index contributed by atoms with van der Waals surface area (Å²) in [7, 11) is 8.30. The molecule has 0 saturated heterocycles. The fourth-order valence-corrected chi connectivity index (χ4v) is 5.90. The molecule has 0 amide bonds.